The molecule has 0 saturated carbocycles. The first kappa shape index (κ1) is 29.7. The Labute approximate surface area is 241 Å². The fourth-order valence-electron chi connectivity index (χ4n) is 6.90. The van der Waals surface area contributed by atoms with Crippen LogP contribution in [-0.4, -0.2) is 81.5 Å². The number of carbonyl (C=O) groups is 3. The van der Waals surface area contributed by atoms with Crippen LogP contribution in [0.15, 0.2) is 49.6 Å². The average molecular weight is 574 g/mol. The van der Waals surface area contributed by atoms with Gasteiger partial charge in [-0.15, -0.1) is 24.9 Å². The van der Waals surface area contributed by atoms with Crippen LogP contribution in [0.3, 0.4) is 0 Å². The molecule has 9 heteroatoms. The maximum Gasteiger partial charge on any atom is 0.251 e. The third-order valence-electron chi connectivity index (χ3n) is 8.45. The van der Waals surface area contributed by atoms with Gasteiger partial charge in [0.25, 0.3) is 5.91 Å². The molecule has 3 aliphatic rings. The zero-order valence-corrected chi connectivity index (χ0v) is 24.5. The predicted molar refractivity (Wildman–Crippen MR) is 158 cm³/mol. The van der Waals surface area contributed by atoms with Gasteiger partial charge in [-0.25, -0.2) is 0 Å². The highest BCUT2D eigenvalue weighted by atomic mass is 35.5. The van der Waals surface area contributed by atoms with E-state index >= 15 is 0 Å². The topological polar surface area (TPSA) is 81.2 Å². The molecule has 3 heterocycles. The molecule has 1 spiro atoms. The van der Waals surface area contributed by atoms with Crippen molar-refractivity contribution in [1.82, 2.24) is 9.80 Å². The smallest absolute Gasteiger partial charge is 0.251 e. The molecule has 4 rings (SSSR count). The lowest BCUT2D eigenvalue weighted by atomic mass is 9.65. The normalized spacial score (nSPS) is 28.9. The van der Waals surface area contributed by atoms with Crippen LogP contribution in [0.4, 0.5) is 5.69 Å². The molecule has 3 fully saturated rings. The Balaban J connectivity index is 1.80. The van der Waals surface area contributed by atoms with Crippen molar-refractivity contribution in [3.63, 3.8) is 0 Å². The molecule has 7 nitrogen and oxygen atoms in total. The number of likely N-dealkylation sites (tertiary alicyclic amines) is 1. The number of nitrogens with zero attached hydrogens (tertiary/aromatic N) is 3. The lowest BCUT2D eigenvalue weighted by molar-refractivity contribution is -0.144. The van der Waals surface area contributed by atoms with Gasteiger partial charge in [-0.05, 0) is 43.7 Å². The van der Waals surface area contributed by atoms with Gasteiger partial charge in [0.05, 0.1) is 27.3 Å². The first-order chi connectivity index (χ1) is 18.8. The van der Waals surface area contributed by atoms with Gasteiger partial charge < -0.3 is 19.8 Å². The minimum atomic E-state index is -0.744. The van der Waals surface area contributed by atoms with Crippen molar-refractivity contribution in [2.75, 3.05) is 37.7 Å². The van der Waals surface area contributed by atoms with E-state index in [9.17, 15) is 19.5 Å². The van der Waals surface area contributed by atoms with Gasteiger partial charge >= 0.3 is 0 Å². The van der Waals surface area contributed by atoms with Crippen LogP contribution in [0.2, 0.25) is 5.02 Å². The number of para-hydroxylation sites is 1. The molecule has 2 bridgehead atoms. The van der Waals surface area contributed by atoms with Gasteiger partial charge in [-0.2, -0.15) is 0 Å². The molecule has 212 valence electrons. The molecule has 0 aromatic heterocycles. The molecule has 1 aromatic carbocycles. The molecule has 1 N–H and O–H groups in total. The van der Waals surface area contributed by atoms with Crippen LogP contribution >= 0.6 is 23.4 Å². The van der Waals surface area contributed by atoms with Crippen LogP contribution in [0.1, 0.15) is 39.5 Å². The molecular formula is C30H40ClN3O4S. The Morgan fingerprint density at radius 3 is 2.56 bits per heavy atom. The largest absolute Gasteiger partial charge is 0.396 e. The summed E-state index contributed by atoms with van der Waals surface area (Å²) < 4.78 is -0.717. The fourth-order valence-corrected chi connectivity index (χ4v) is 9.54. The Bertz CT molecular complexity index is 1120. The van der Waals surface area contributed by atoms with E-state index in [2.05, 4.69) is 20.1 Å². The van der Waals surface area contributed by atoms with Crippen molar-refractivity contribution in [3.8, 4) is 0 Å². The maximum absolute atomic E-state index is 14.6. The van der Waals surface area contributed by atoms with Gasteiger partial charge in [0.2, 0.25) is 11.8 Å². The SMILES string of the molecule is C=CCN(CCC)C(=O)[C@@H]1[C@H]2C(=O)N(CCCCO)C(C(=O)N(CC=C)c3ccccc3Cl)C23S[C@@H]1CC3C. The number of amides is 3. The third kappa shape index (κ3) is 5.04. The van der Waals surface area contributed by atoms with Gasteiger partial charge in [-0.1, -0.05) is 49.7 Å². The van der Waals surface area contributed by atoms with Gasteiger partial charge in [0.15, 0.2) is 0 Å². The van der Waals surface area contributed by atoms with Crippen molar-refractivity contribution >= 4 is 46.8 Å². The monoisotopic (exact) mass is 573 g/mol. The Morgan fingerprint density at radius 1 is 1.21 bits per heavy atom. The third-order valence-corrected chi connectivity index (χ3v) is 10.8. The number of carbonyl (C=O) groups excluding carboxylic acids is 3. The summed E-state index contributed by atoms with van der Waals surface area (Å²) in [4.78, 5) is 48.1. The molecule has 6 atom stereocenters. The van der Waals surface area contributed by atoms with Crippen LogP contribution in [0.25, 0.3) is 0 Å². The number of hydrogen-bond donors (Lipinski definition) is 1. The molecule has 3 unspecified atom stereocenters. The van der Waals surface area contributed by atoms with Crippen molar-refractivity contribution in [2.45, 2.75) is 55.6 Å². The summed E-state index contributed by atoms with van der Waals surface area (Å²) in [6.07, 6.45) is 6.08. The number of benzene rings is 1. The minimum Gasteiger partial charge on any atom is -0.396 e. The number of aliphatic hydroxyl groups is 1. The summed E-state index contributed by atoms with van der Waals surface area (Å²) in [6.45, 7) is 13.5. The second kappa shape index (κ2) is 12.5. The predicted octanol–water partition coefficient (Wildman–Crippen LogP) is 4.39. The summed E-state index contributed by atoms with van der Waals surface area (Å²) in [5.41, 5.74) is 0.574. The number of halogens is 1. The highest BCUT2D eigenvalue weighted by Crippen LogP contribution is 2.69. The van der Waals surface area contributed by atoms with E-state index in [1.807, 2.05) is 24.0 Å². The number of hydrogen-bond acceptors (Lipinski definition) is 5. The van der Waals surface area contributed by atoms with E-state index in [1.54, 1.807) is 45.8 Å². The number of fused-ring (bicyclic) bond motifs is 1. The first-order valence-corrected chi connectivity index (χ1v) is 15.2. The zero-order valence-electron chi connectivity index (χ0n) is 22.9. The Hall–Kier alpha value is -2.29. The number of rotatable bonds is 13. The number of anilines is 1. The van der Waals surface area contributed by atoms with Crippen molar-refractivity contribution < 1.29 is 19.5 Å². The first-order valence-electron chi connectivity index (χ1n) is 13.9. The average Bonchev–Trinajstić information content (AvgIpc) is 3.51. The van der Waals surface area contributed by atoms with Crippen LogP contribution < -0.4 is 4.90 Å². The Morgan fingerprint density at radius 2 is 1.92 bits per heavy atom. The minimum absolute atomic E-state index is 0.0132. The van der Waals surface area contributed by atoms with Crippen molar-refractivity contribution in [1.29, 1.82) is 0 Å². The van der Waals surface area contributed by atoms with Gasteiger partial charge in [-0.3, -0.25) is 14.4 Å². The summed E-state index contributed by atoms with van der Waals surface area (Å²) in [6, 6.07) is 6.45. The molecular weight excluding hydrogens is 534 g/mol. The van der Waals surface area contributed by atoms with Gasteiger partial charge in [0.1, 0.15) is 6.04 Å². The number of unbranched alkanes of at least 4 members (excludes halogenated alkanes) is 1. The summed E-state index contributed by atoms with van der Waals surface area (Å²) in [7, 11) is 0. The maximum atomic E-state index is 14.6. The van der Waals surface area contributed by atoms with E-state index in [0.29, 0.717) is 43.2 Å². The lowest BCUT2D eigenvalue weighted by Crippen LogP contribution is -2.57. The standard InChI is InChI=1S/C30H40ClN3O4S/c1-5-14-32(15-6-2)27(36)24-23-19-20(4)30(39-23)25(24)28(37)34(17-10-11-18-35)26(30)29(38)33(16-7-3)22-13-9-8-12-21(22)31/h5,7-9,12-13,20,23-26,35H,1,3,6,10-11,14-19H2,2,4H3/t20?,23-,24+,25+,26?,30?/m1/s1. The molecule has 0 radical (unpaired) electrons. The highest BCUT2D eigenvalue weighted by molar-refractivity contribution is 8.02. The van der Waals surface area contributed by atoms with Crippen LogP contribution in [-0.2, 0) is 14.4 Å². The molecule has 39 heavy (non-hydrogen) atoms. The Kier molecular flexibility index (Phi) is 9.50. The van der Waals surface area contributed by atoms with E-state index < -0.39 is 22.6 Å². The summed E-state index contributed by atoms with van der Waals surface area (Å²) in [5, 5.41) is 9.86. The van der Waals surface area contributed by atoms with E-state index in [0.717, 1.165) is 12.8 Å². The number of aliphatic hydroxyl groups excluding tert-OH is 1. The molecule has 3 aliphatic heterocycles. The fraction of sp³-hybridized carbons (Fsp3) is 0.567. The van der Waals surface area contributed by atoms with Crippen molar-refractivity contribution in [3.05, 3.63) is 54.6 Å². The zero-order chi connectivity index (χ0) is 28.3. The van der Waals surface area contributed by atoms with Crippen LogP contribution in [0.5, 0.6) is 0 Å². The van der Waals surface area contributed by atoms with E-state index in [1.165, 1.54) is 0 Å². The quantitative estimate of drug-likeness (QED) is 0.280. The molecule has 3 saturated heterocycles. The molecule has 0 aliphatic carbocycles. The van der Waals surface area contributed by atoms with E-state index in [4.69, 9.17) is 11.6 Å². The number of thioether (sulfide) groups is 1. The molecule has 3 amide bonds. The summed E-state index contributed by atoms with van der Waals surface area (Å²) in [5.74, 6) is -1.33. The molecule has 1 aromatic rings. The van der Waals surface area contributed by atoms with Crippen LogP contribution in [0, 0.1) is 17.8 Å². The second-order valence-electron chi connectivity index (χ2n) is 10.8. The second-order valence-corrected chi connectivity index (χ2v) is 12.7. The van der Waals surface area contributed by atoms with Crippen molar-refractivity contribution in [2.24, 2.45) is 17.8 Å². The highest BCUT2D eigenvalue weighted by Gasteiger charge is 2.76. The summed E-state index contributed by atoms with van der Waals surface area (Å²) >= 11 is 8.22. The van der Waals surface area contributed by atoms with E-state index in [-0.39, 0.29) is 42.0 Å². The van der Waals surface area contributed by atoms with Gasteiger partial charge in [0, 0.05) is 38.0 Å². The lowest BCUT2D eigenvalue weighted by Gasteiger charge is -2.41.